The van der Waals surface area contributed by atoms with Gasteiger partial charge in [-0.15, -0.1) is 0 Å². The van der Waals surface area contributed by atoms with E-state index in [0.29, 0.717) is 31.4 Å². The van der Waals surface area contributed by atoms with E-state index in [9.17, 15) is 4.79 Å². The van der Waals surface area contributed by atoms with E-state index < -0.39 is 0 Å². The molecule has 0 N–H and O–H groups in total. The highest BCUT2D eigenvalue weighted by molar-refractivity contribution is 5.83. The minimum Gasteiger partial charge on any atom is -0.381 e. The van der Waals surface area contributed by atoms with Crippen molar-refractivity contribution in [3.05, 3.63) is 0 Å². The summed E-state index contributed by atoms with van der Waals surface area (Å²) in [5, 5.41) is 8.58. The van der Waals surface area contributed by atoms with Gasteiger partial charge in [-0.1, -0.05) is 0 Å². The molecular weight excluding hydrogens is 204 g/mol. The topological polar surface area (TPSA) is 53.3 Å². The van der Waals surface area contributed by atoms with E-state index in [1.165, 1.54) is 12.8 Å². The lowest BCUT2D eigenvalue weighted by Gasteiger charge is -2.21. The molecule has 2 fully saturated rings. The van der Waals surface area contributed by atoms with Crippen molar-refractivity contribution in [1.29, 1.82) is 5.26 Å². The molecule has 0 amide bonds. The number of carbonyl (C=O) groups is 1. The average molecular weight is 222 g/mol. The fourth-order valence-corrected chi connectivity index (χ4v) is 2.14. The minimum atomic E-state index is 0.100. The number of carbonyl (C=O) groups excluding carboxylic acids is 1. The zero-order valence-electron chi connectivity index (χ0n) is 9.52. The lowest BCUT2D eigenvalue weighted by atomic mass is 10.0. The minimum absolute atomic E-state index is 0.100. The van der Waals surface area contributed by atoms with E-state index in [-0.39, 0.29) is 5.92 Å². The van der Waals surface area contributed by atoms with Gasteiger partial charge in [0.2, 0.25) is 0 Å². The Hall–Kier alpha value is -0.920. The molecule has 1 saturated carbocycles. The highest BCUT2D eigenvalue weighted by Gasteiger charge is 2.32. The van der Waals surface area contributed by atoms with Crippen LogP contribution in [0.5, 0.6) is 0 Å². The molecule has 2 rings (SSSR count). The molecule has 0 aromatic carbocycles. The first-order valence-corrected chi connectivity index (χ1v) is 6.02. The summed E-state index contributed by atoms with van der Waals surface area (Å²) in [5.41, 5.74) is 0. The second-order valence-corrected chi connectivity index (χ2v) is 4.64. The number of nitriles is 1. The van der Waals surface area contributed by atoms with Crippen LogP contribution in [-0.4, -0.2) is 43.0 Å². The first-order valence-electron chi connectivity index (χ1n) is 6.02. The molecule has 0 bridgehead atoms. The van der Waals surface area contributed by atoms with Gasteiger partial charge in [0, 0.05) is 31.5 Å². The van der Waals surface area contributed by atoms with Gasteiger partial charge in [0.05, 0.1) is 19.2 Å². The Bertz CT molecular complexity index is 288. The summed E-state index contributed by atoms with van der Waals surface area (Å²) in [6, 6.07) is 2.70. The lowest BCUT2D eigenvalue weighted by Crippen LogP contribution is -2.35. The summed E-state index contributed by atoms with van der Waals surface area (Å²) in [5.74, 6) is 0.394. The predicted molar refractivity (Wildman–Crippen MR) is 58.8 cm³/mol. The van der Waals surface area contributed by atoms with Gasteiger partial charge >= 0.3 is 0 Å². The largest absolute Gasteiger partial charge is 0.381 e. The van der Waals surface area contributed by atoms with Crippen LogP contribution in [0.25, 0.3) is 0 Å². The van der Waals surface area contributed by atoms with Crippen LogP contribution in [0, 0.1) is 17.2 Å². The molecule has 1 aliphatic heterocycles. The van der Waals surface area contributed by atoms with Crippen molar-refractivity contribution in [3.63, 3.8) is 0 Å². The zero-order chi connectivity index (χ0) is 11.4. The number of Topliss-reactive ketones (excluding diaryl/α,β-unsaturated/α-hetero) is 1. The maximum atomic E-state index is 11.9. The third kappa shape index (κ3) is 3.03. The van der Waals surface area contributed by atoms with E-state index in [2.05, 4.69) is 11.0 Å². The zero-order valence-corrected chi connectivity index (χ0v) is 9.52. The maximum Gasteiger partial charge on any atom is 0.152 e. The van der Waals surface area contributed by atoms with Gasteiger partial charge in [-0.3, -0.25) is 9.69 Å². The Balaban J connectivity index is 1.79. The number of nitrogens with zero attached hydrogens (tertiary/aromatic N) is 2. The summed E-state index contributed by atoms with van der Waals surface area (Å²) >= 11 is 0. The monoisotopic (exact) mass is 222 g/mol. The summed E-state index contributed by atoms with van der Waals surface area (Å²) in [6.07, 6.45) is 3.75. The molecule has 4 nitrogen and oxygen atoms in total. The molecule has 1 aliphatic carbocycles. The van der Waals surface area contributed by atoms with Crippen molar-refractivity contribution in [2.75, 3.05) is 26.3 Å². The van der Waals surface area contributed by atoms with Crippen molar-refractivity contribution in [2.45, 2.75) is 31.7 Å². The fraction of sp³-hybridized carbons (Fsp3) is 0.833. The Kier molecular flexibility index (Phi) is 3.92. The van der Waals surface area contributed by atoms with Crippen LogP contribution in [0.3, 0.4) is 0 Å². The van der Waals surface area contributed by atoms with Gasteiger partial charge in [-0.25, -0.2) is 0 Å². The van der Waals surface area contributed by atoms with Gasteiger partial charge in [-0.2, -0.15) is 5.26 Å². The number of hydrogen-bond acceptors (Lipinski definition) is 4. The molecule has 4 heteroatoms. The van der Waals surface area contributed by atoms with E-state index in [0.717, 1.165) is 19.6 Å². The van der Waals surface area contributed by atoms with E-state index >= 15 is 0 Å². The molecule has 1 atom stereocenters. The van der Waals surface area contributed by atoms with Crippen molar-refractivity contribution in [3.8, 4) is 6.07 Å². The van der Waals surface area contributed by atoms with Gasteiger partial charge in [0.1, 0.15) is 0 Å². The van der Waals surface area contributed by atoms with Crippen LogP contribution in [-0.2, 0) is 9.53 Å². The van der Waals surface area contributed by atoms with E-state index in [4.69, 9.17) is 10.00 Å². The quantitative estimate of drug-likeness (QED) is 0.672. The molecular formula is C12H18N2O2. The van der Waals surface area contributed by atoms with Crippen LogP contribution in [0.1, 0.15) is 25.7 Å². The molecule has 0 aromatic rings. The van der Waals surface area contributed by atoms with Gasteiger partial charge in [0.25, 0.3) is 0 Å². The molecule has 88 valence electrons. The van der Waals surface area contributed by atoms with Crippen LogP contribution in [0.4, 0.5) is 0 Å². The SMILES string of the molecule is N#CCCN(CC(=O)C1CCOC1)C1CC1. The predicted octanol–water partition coefficient (Wildman–Crippen LogP) is 0.970. The van der Waals surface area contributed by atoms with Crippen molar-refractivity contribution >= 4 is 5.78 Å². The average Bonchev–Trinajstić information content (AvgIpc) is 2.98. The molecule has 2 aliphatic rings. The molecule has 1 heterocycles. The second kappa shape index (κ2) is 5.42. The van der Waals surface area contributed by atoms with Crippen LogP contribution in [0.15, 0.2) is 0 Å². The maximum absolute atomic E-state index is 11.9. The number of hydrogen-bond donors (Lipinski definition) is 0. The molecule has 1 unspecified atom stereocenters. The number of ketones is 1. The first kappa shape index (κ1) is 11.6. The lowest BCUT2D eigenvalue weighted by molar-refractivity contribution is -0.124. The molecule has 0 aromatic heterocycles. The summed E-state index contributed by atoms with van der Waals surface area (Å²) in [7, 11) is 0. The summed E-state index contributed by atoms with van der Waals surface area (Å²) < 4.78 is 5.23. The third-order valence-corrected chi connectivity index (χ3v) is 3.32. The van der Waals surface area contributed by atoms with Gasteiger partial charge in [0.15, 0.2) is 5.78 Å². The molecule has 0 radical (unpaired) electrons. The van der Waals surface area contributed by atoms with Gasteiger partial charge in [-0.05, 0) is 19.3 Å². The number of rotatable bonds is 6. The summed E-state index contributed by atoms with van der Waals surface area (Å²) in [6.45, 7) is 2.56. The number of ether oxygens (including phenoxy) is 1. The van der Waals surface area contributed by atoms with Crippen molar-refractivity contribution < 1.29 is 9.53 Å². The van der Waals surface area contributed by atoms with E-state index in [1.54, 1.807) is 0 Å². The summed E-state index contributed by atoms with van der Waals surface area (Å²) in [4.78, 5) is 14.1. The molecule has 1 saturated heterocycles. The van der Waals surface area contributed by atoms with Crippen LogP contribution < -0.4 is 0 Å². The van der Waals surface area contributed by atoms with Crippen LogP contribution >= 0.6 is 0 Å². The highest BCUT2D eigenvalue weighted by Crippen LogP contribution is 2.27. The van der Waals surface area contributed by atoms with Crippen molar-refractivity contribution in [1.82, 2.24) is 4.90 Å². The van der Waals surface area contributed by atoms with Crippen molar-refractivity contribution in [2.24, 2.45) is 5.92 Å². The smallest absolute Gasteiger partial charge is 0.152 e. The fourth-order valence-electron chi connectivity index (χ4n) is 2.14. The van der Waals surface area contributed by atoms with E-state index in [1.807, 2.05) is 0 Å². The Labute approximate surface area is 96.2 Å². The molecule has 16 heavy (non-hydrogen) atoms. The van der Waals surface area contributed by atoms with Gasteiger partial charge < -0.3 is 4.74 Å². The highest BCUT2D eigenvalue weighted by atomic mass is 16.5. The van der Waals surface area contributed by atoms with Crippen LogP contribution in [0.2, 0.25) is 0 Å². The standard InChI is InChI=1S/C12H18N2O2/c13-5-1-6-14(11-2-3-11)8-12(15)10-4-7-16-9-10/h10-11H,1-4,6-9H2. The second-order valence-electron chi connectivity index (χ2n) is 4.64. The molecule has 0 spiro atoms. The third-order valence-electron chi connectivity index (χ3n) is 3.32. The Morgan fingerprint density at radius 3 is 2.81 bits per heavy atom. The Morgan fingerprint density at radius 2 is 2.25 bits per heavy atom. The Morgan fingerprint density at radius 1 is 1.44 bits per heavy atom. The first-order chi connectivity index (χ1) is 7.81. The normalized spacial score (nSPS) is 24.6.